The van der Waals surface area contributed by atoms with Crippen molar-refractivity contribution in [1.82, 2.24) is 0 Å². The molecule has 0 radical (unpaired) electrons. The van der Waals surface area contributed by atoms with Gasteiger partial charge in [-0.15, -0.1) is 0 Å². The largest absolute Gasteiger partial charge is 0.465 e. The Morgan fingerprint density at radius 2 is 1.15 bits per heavy atom. The van der Waals surface area contributed by atoms with Gasteiger partial charge in [0.2, 0.25) is 0 Å². The van der Waals surface area contributed by atoms with Gasteiger partial charge in [0.25, 0.3) is 0 Å². The van der Waals surface area contributed by atoms with E-state index in [0.29, 0.717) is 13.2 Å². The molecule has 0 bridgehead atoms. The Kier molecular flexibility index (Phi) is 12.6. The standard InChI is InChI=1S/C14H24Br2O4/c1-3-19-13(17)11(15)9-7-5-6-8-10-12(16)14(18)20-4-2/h11-12H,3-10H2,1-2H3. The summed E-state index contributed by atoms with van der Waals surface area (Å²) in [5.41, 5.74) is 0. The number of esters is 2. The summed E-state index contributed by atoms with van der Waals surface area (Å²) in [4.78, 5) is 22.3. The van der Waals surface area contributed by atoms with Gasteiger partial charge in [0.15, 0.2) is 0 Å². The van der Waals surface area contributed by atoms with Crippen LogP contribution in [0.2, 0.25) is 0 Å². The summed E-state index contributed by atoms with van der Waals surface area (Å²) in [6.07, 6.45) is 5.61. The molecule has 0 aliphatic rings. The molecule has 2 unspecified atom stereocenters. The number of carbonyl (C=O) groups excluding carboxylic acids is 2. The average Bonchev–Trinajstić information content (AvgIpc) is 2.42. The third kappa shape index (κ3) is 9.75. The SMILES string of the molecule is CCOC(=O)C(Br)CCCCCCC(Br)C(=O)OCC. The predicted octanol–water partition coefficient (Wildman–Crippen LogP) is 3.98. The summed E-state index contributed by atoms with van der Waals surface area (Å²) in [5, 5.41) is 0. The van der Waals surface area contributed by atoms with E-state index in [0.717, 1.165) is 38.5 Å². The second-order valence-electron chi connectivity index (χ2n) is 4.43. The molecule has 0 saturated carbocycles. The highest BCUT2D eigenvalue weighted by atomic mass is 79.9. The van der Waals surface area contributed by atoms with Crippen LogP contribution in [0.25, 0.3) is 0 Å². The van der Waals surface area contributed by atoms with E-state index in [1.807, 2.05) is 0 Å². The van der Waals surface area contributed by atoms with Gasteiger partial charge in [0.1, 0.15) is 9.65 Å². The highest BCUT2D eigenvalue weighted by Crippen LogP contribution is 2.16. The maximum atomic E-state index is 11.4. The van der Waals surface area contributed by atoms with Crippen molar-refractivity contribution >= 4 is 43.8 Å². The summed E-state index contributed by atoms with van der Waals surface area (Å²) in [6.45, 7) is 4.44. The molecule has 0 fully saturated rings. The zero-order valence-electron chi connectivity index (χ0n) is 12.2. The lowest BCUT2D eigenvalue weighted by Crippen LogP contribution is -2.17. The fraction of sp³-hybridized carbons (Fsp3) is 0.857. The van der Waals surface area contributed by atoms with Crippen molar-refractivity contribution in [2.24, 2.45) is 0 Å². The van der Waals surface area contributed by atoms with Crippen molar-refractivity contribution < 1.29 is 19.1 Å². The molecule has 2 atom stereocenters. The molecular formula is C14H24Br2O4. The van der Waals surface area contributed by atoms with E-state index < -0.39 is 0 Å². The Labute approximate surface area is 138 Å². The molecule has 0 aromatic heterocycles. The van der Waals surface area contributed by atoms with Crippen molar-refractivity contribution in [1.29, 1.82) is 0 Å². The lowest BCUT2D eigenvalue weighted by Gasteiger charge is -2.10. The number of rotatable bonds is 11. The Morgan fingerprint density at radius 1 is 0.800 bits per heavy atom. The summed E-state index contributed by atoms with van der Waals surface area (Å²) in [6, 6.07) is 0. The second kappa shape index (κ2) is 12.6. The summed E-state index contributed by atoms with van der Waals surface area (Å²) >= 11 is 6.66. The van der Waals surface area contributed by atoms with E-state index in [2.05, 4.69) is 31.9 Å². The number of hydrogen-bond acceptors (Lipinski definition) is 4. The molecule has 6 heteroatoms. The van der Waals surface area contributed by atoms with E-state index in [1.165, 1.54) is 0 Å². The van der Waals surface area contributed by atoms with Crippen molar-refractivity contribution in [3.8, 4) is 0 Å². The maximum absolute atomic E-state index is 11.4. The zero-order chi connectivity index (χ0) is 15.4. The first-order valence-corrected chi connectivity index (χ1v) is 8.97. The maximum Gasteiger partial charge on any atom is 0.319 e. The van der Waals surface area contributed by atoms with E-state index >= 15 is 0 Å². The monoisotopic (exact) mass is 414 g/mol. The van der Waals surface area contributed by atoms with E-state index in [1.54, 1.807) is 13.8 Å². The molecule has 118 valence electrons. The molecule has 0 rings (SSSR count). The lowest BCUT2D eigenvalue weighted by molar-refractivity contribution is -0.143. The molecule has 0 aromatic rings. The molecule has 0 amide bonds. The zero-order valence-corrected chi connectivity index (χ0v) is 15.4. The van der Waals surface area contributed by atoms with Gasteiger partial charge in [-0.1, -0.05) is 57.5 Å². The van der Waals surface area contributed by atoms with E-state index in [-0.39, 0.29) is 21.6 Å². The minimum Gasteiger partial charge on any atom is -0.465 e. The number of ether oxygens (including phenoxy) is 2. The highest BCUT2D eigenvalue weighted by molar-refractivity contribution is 9.10. The van der Waals surface area contributed by atoms with Gasteiger partial charge < -0.3 is 9.47 Å². The van der Waals surface area contributed by atoms with Crippen LogP contribution >= 0.6 is 31.9 Å². The second-order valence-corrected chi connectivity index (χ2v) is 6.64. The molecule has 0 aliphatic heterocycles. The van der Waals surface area contributed by atoms with Crippen LogP contribution in [0.15, 0.2) is 0 Å². The number of unbranched alkanes of at least 4 members (excludes halogenated alkanes) is 3. The lowest BCUT2D eigenvalue weighted by atomic mass is 10.1. The normalized spacial score (nSPS) is 13.6. The van der Waals surface area contributed by atoms with Crippen molar-refractivity contribution in [2.45, 2.75) is 62.0 Å². The van der Waals surface area contributed by atoms with Gasteiger partial charge in [-0.05, 0) is 26.7 Å². The fourth-order valence-electron chi connectivity index (χ4n) is 1.70. The van der Waals surface area contributed by atoms with Crippen LogP contribution in [0, 0.1) is 0 Å². The van der Waals surface area contributed by atoms with Gasteiger partial charge in [-0.2, -0.15) is 0 Å². The van der Waals surface area contributed by atoms with Crippen LogP contribution in [-0.2, 0) is 19.1 Å². The van der Waals surface area contributed by atoms with Crippen molar-refractivity contribution in [3.05, 3.63) is 0 Å². The van der Waals surface area contributed by atoms with Gasteiger partial charge in [-0.3, -0.25) is 9.59 Å². The van der Waals surface area contributed by atoms with Crippen LogP contribution in [0.5, 0.6) is 0 Å². The minimum absolute atomic E-state index is 0.185. The van der Waals surface area contributed by atoms with E-state index in [4.69, 9.17) is 9.47 Å². The smallest absolute Gasteiger partial charge is 0.319 e. The summed E-state index contributed by atoms with van der Waals surface area (Å²) < 4.78 is 9.84. The highest BCUT2D eigenvalue weighted by Gasteiger charge is 2.16. The number of halogens is 2. The number of carbonyl (C=O) groups is 2. The number of hydrogen-bond donors (Lipinski definition) is 0. The molecule has 0 saturated heterocycles. The van der Waals surface area contributed by atoms with Crippen LogP contribution in [-0.4, -0.2) is 34.8 Å². The topological polar surface area (TPSA) is 52.6 Å². The molecule has 4 nitrogen and oxygen atoms in total. The Hall–Kier alpha value is -0.100. The van der Waals surface area contributed by atoms with Gasteiger partial charge in [-0.25, -0.2) is 0 Å². The van der Waals surface area contributed by atoms with Gasteiger partial charge in [0, 0.05) is 0 Å². The molecular weight excluding hydrogens is 392 g/mol. The van der Waals surface area contributed by atoms with Crippen molar-refractivity contribution in [3.63, 3.8) is 0 Å². The summed E-state index contributed by atoms with van der Waals surface area (Å²) in [7, 11) is 0. The van der Waals surface area contributed by atoms with Crippen LogP contribution in [0.3, 0.4) is 0 Å². The van der Waals surface area contributed by atoms with Crippen LogP contribution in [0.4, 0.5) is 0 Å². The Morgan fingerprint density at radius 3 is 1.45 bits per heavy atom. The Balaban J connectivity index is 3.53. The van der Waals surface area contributed by atoms with E-state index in [9.17, 15) is 9.59 Å². The first-order valence-electron chi connectivity index (χ1n) is 7.14. The Bertz CT molecular complexity index is 256. The molecule has 0 heterocycles. The average molecular weight is 416 g/mol. The number of alkyl halides is 2. The van der Waals surface area contributed by atoms with Crippen LogP contribution in [0.1, 0.15) is 52.4 Å². The fourth-order valence-corrected chi connectivity index (χ4v) is 2.61. The van der Waals surface area contributed by atoms with Gasteiger partial charge >= 0.3 is 11.9 Å². The summed E-state index contributed by atoms with van der Waals surface area (Å²) in [5.74, 6) is -0.370. The predicted molar refractivity (Wildman–Crippen MR) is 86.4 cm³/mol. The quantitative estimate of drug-likeness (QED) is 0.291. The third-order valence-electron chi connectivity index (χ3n) is 2.75. The molecule has 0 spiro atoms. The van der Waals surface area contributed by atoms with Crippen LogP contribution < -0.4 is 0 Å². The molecule has 0 N–H and O–H groups in total. The molecule has 0 aromatic carbocycles. The van der Waals surface area contributed by atoms with Gasteiger partial charge in [0.05, 0.1) is 13.2 Å². The minimum atomic E-state index is -0.203. The third-order valence-corrected chi connectivity index (χ3v) is 4.41. The molecule has 0 aliphatic carbocycles. The van der Waals surface area contributed by atoms with Crippen molar-refractivity contribution in [2.75, 3.05) is 13.2 Å². The molecule has 20 heavy (non-hydrogen) atoms. The first-order chi connectivity index (χ1) is 9.52. The first kappa shape index (κ1) is 19.9.